The molecule has 4 heteroatoms. The predicted octanol–water partition coefficient (Wildman–Crippen LogP) is 2.78. The molecular weight excluding hydrogens is 245 g/mol. The highest BCUT2D eigenvalue weighted by Gasteiger charge is 2.25. The highest BCUT2D eigenvalue weighted by atomic mass is 19.1. The maximum Gasteiger partial charge on any atom is 0.165 e. The molecule has 1 aliphatic carbocycles. The first-order valence-corrected chi connectivity index (χ1v) is 6.97. The van der Waals surface area contributed by atoms with Gasteiger partial charge in [0, 0.05) is 6.04 Å². The van der Waals surface area contributed by atoms with E-state index >= 15 is 0 Å². The SMILES string of the molecule is CCOc1ccc(C(N)C2CCC(O)CC2)cc1F. The Hall–Kier alpha value is -1.13. The third kappa shape index (κ3) is 3.45. The van der Waals surface area contributed by atoms with Gasteiger partial charge in [0.1, 0.15) is 0 Å². The van der Waals surface area contributed by atoms with Gasteiger partial charge in [0.25, 0.3) is 0 Å². The van der Waals surface area contributed by atoms with E-state index in [-0.39, 0.29) is 23.7 Å². The molecule has 1 aromatic rings. The van der Waals surface area contributed by atoms with Crippen LogP contribution in [0.1, 0.15) is 44.2 Å². The molecule has 1 aliphatic rings. The minimum atomic E-state index is -0.356. The average molecular weight is 267 g/mol. The standard InChI is InChI=1S/C15H22FNO2/c1-2-19-14-8-5-11(9-13(14)16)15(17)10-3-6-12(18)7-4-10/h5,8-10,12,15,18H,2-4,6-7,17H2,1H3. The van der Waals surface area contributed by atoms with E-state index in [2.05, 4.69) is 0 Å². The molecule has 0 radical (unpaired) electrons. The summed E-state index contributed by atoms with van der Waals surface area (Å²) in [6.45, 7) is 2.27. The second kappa shape index (κ2) is 6.35. The molecule has 0 saturated heterocycles. The largest absolute Gasteiger partial charge is 0.491 e. The predicted molar refractivity (Wildman–Crippen MR) is 72.5 cm³/mol. The summed E-state index contributed by atoms with van der Waals surface area (Å²) in [6.07, 6.45) is 3.19. The molecular formula is C15H22FNO2. The lowest BCUT2D eigenvalue weighted by Gasteiger charge is -2.30. The summed E-state index contributed by atoms with van der Waals surface area (Å²) in [4.78, 5) is 0. The van der Waals surface area contributed by atoms with E-state index in [1.54, 1.807) is 6.07 Å². The van der Waals surface area contributed by atoms with Crippen molar-refractivity contribution in [2.75, 3.05) is 6.61 Å². The molecule has 0 heterocycles. The van der Waals surface area contributed by atoms with Gasteiger partial charge in [-0.3, -0.25) is 0 Å². The van der Waals surface area contributed by atoms with Crippen LogP contribution >= 0.6 is 0 Å². The molecule has 1 saturated carbocycles. The second-order valence-electron chi connectivity index (χ2n) is 5.22. The summed E-state index contributed by atoms with van der Waals surface area (Å²) in [7, 11) is 0. The van der Waals surface area contributed by atoms with E-state index in [0.29, 0.717) is 12.5 Å². The Morgan fingerprint density at radius 2 is 2.05 bits per heavy atom. The van der Waals surface area contributed by atoms with Gasteiger partial charge < -0.3 is 15.6 Å². The van der Waals surface area contributed by atoms with Gasteiger partial charge in [0.2, 0.25) is 0 Å². The van der Waals surface area contributed by atoms with Crippen molar-refractivity contribution in [3.8, 4) is 5.75 Å². The number of aliphatic hydroxyl groups is 1. The van der Waals surface area contributed by atoms with Crippen molar-refractivity contribution in [3.63, 3.8) is 0 Å². The van der Waals surface area contributed by atoms with Crippen LogP contribution in [0.3, 0.4) is 0 Å². The topological polar surface area (TPSA) is 55.5 Å². The Kier molecular flexibility index (Phi) is 4.77. The summed E-state index contributed by atoms with van der Waals surface area (Å²) in [5, 5.41) is 9.50. The number of aliphatic hydroxyl groups excluding tert-OH is 1. The molecule has 106 valence electrons. The minimum Gasteiger partial charge on any atom is -0.491 e. The number of ether oxygens (including phenoxy) is 1. The summed E-state index contributed by atoms with van der Waals surface area (Å²) in [5.41, 5.74) is 7.03. The van der Waals surface area contributed by atoms with Crippen molar-refractivity contribution in [1.29, 1.82) is 0 Å². The van der Waals surface area contributed by atoms with Gasteiger partial charge in [-0.05, 0) is 56.2 Å². The zero-order valence-corrected chi connectivity index (χ0v) is 11.3. The van der Waals surface area contributed by atoms with Crippen LogP contribution in [0, 0.1) is 11.7 Å². The van der Waals surface area contributed by atoms with E-state index in [1.807, 2.05) is 13.0 Å². The van der Waals surface area contributed by atoms with Crippen LogP contribution in [0.25, 0.3) is 0 Å². The quantitative estimate of drug-likeness (QED) is 0.882. The summed E-state index contributed by atoms with van der Waals surface area (Å²) in [6, 6.07) is 4.79. The molecule has 3 N–H and O–H groups in total. The average Bonchev–Trinajstić information content (AvgIpc) is 2.41. The minimum absolute atomic E-state index is 0.169. The van der Waals surface area contributed by atoms with Gasteiger partial charge in [0.15, 0.2) is 11.6 Å². The number of halogens is 1. The van der Waals surface area contributed by atoms with Crippen LogP contribution in [-0.2, 0) is 0 Å². The summed E-state index contributed by atoms with van der Waals surface area (Å²) < 4.78 is 19.0. The lowest BCUT2D eigenvalue weighted by Crippen LogP contribution is -2.27. The van der Waals surface area contributed by atoms with Crippen molar-refractivity contribution < 1.29 is 14.2 Å². The maximum absolute atomic E-state index is 13.8. The van der Waals surface area contributed by atoms with Crippen LogP contribution in [0.2, 0.25) is 0 Å². The van der Waals surface area contributed by atoms with Gasteiger partial charge in [-0.25, -0.2) is 4.39 Å². The molecule has 0 aliphatic heterocycles. The molecule has 1 fully saturated rings. The van der Waals surface area contributed by atoms with Crippen molar-refractivity contribution >= 4 is 0 Å². The molecule has 3 nitrogen and oxygen atoms in total. The Balaban J connectivity index is 2.06. The number of nitrogens with two attached hydrogens (primary N) is 1. The van der Waals surface area contributed by atoms with Crippen molar-refractivity contribution in [1.82, 2.24) is 0 Å². The zero-order chi connectivity index (χ0) is 13.8. The molecule has 1 unspecified atom stereocenters. The molecule has 19 heavy (non-hydrogen) atoms. The van der Waals surface area contributed by atoms with Gasteiger partial charge in [-0.15, -0.1) is 0 Å². The highest BCUT2D eigenvalue weighted by molar-refractivity contribution is 5.31. The van der Waals surface area contributed by atoms with Crippen LogP contribution < -0.4 is 10.5 Å². The molecule has 2 rings (SSSR count). The molecule has 1 aromatic carbocycles. The lowest BCUT2D eigenvalue weighted by atomic mass is 9.80. The van der Waals surface area contributed by atoms with Gasteiger partial charge in [0.05, 0.1) is 12.7 Å². The van der Waals surface area contributed by atoms with E-state index in [1.165, 1.54) is 6.07 Å². The first-order valence-electron chi connectivity index (χ1n) is 6.97. The first-order chi connectivity index (χ1) is 9.11. The smallest absolute Gasteiger partial charge is 0.165 e. The Morgan fingerprint density at radius 1 is 1.37 bits per heavy atom. The molecule has 0 aromatic heterocycles. The van der Waals surface area contributed by atoms with Crippen LogP contribution in [0.4, 0.5) is 4.39 Å². The Bertz CT molecular complexity index is 417. The van der Waals surface area contributed by atoms with Crippen LogP contribution in [0.5, 0.6) is 5.75 Å². The van der Waals surface area contributed by atoms with E-state index in [9.17, 15) is 9.50 Å². The number of hydrogen-bond donors (Lipinski definition) is 2. The Morgan fingerprint density at radius 3 is 2.63 bits per heavy atom. The highest BCUT2D eigenvalue weighted by Crippen LogP contribution is 2.34. The second-order valence-corrected chi connectivity index (χ2v) is 5.22. The van der Waals surface area contributed by atoms with E-state index in [4.69, 9.17) is 10.5 Å². The number of hydrogen-bond acceptors (Lipinski definition) is 3. The normalized spacial score (nSPS) is 25.1. The van der Waals surface area contributed by atoms with Gasteiger partial charge >= 0.3 is 0 Å². The fourth-order valence-corrected chi connectivity index (χ4v) is 2.73. The van der Waals surface area contributed by atoms with Crippen LogP contribution in [-0.4, -0.2) is 17.8 Å². The fourth-order valence-electron chi connectivity index (χ4n) is 2.73. The Labute approximate surface area is 113 Å². The van der Waals surface area contributed by atoms with E-state index < -0.39 is 0 Å². The third-order valence-corrected chi connectivity index (χ3v) is 3.89. The van der Waals surface area contributed by atoms with Crippen molar-refractivity contribution in [3.05, 3.63) is 29.6 Å². The first kappa shape index (κ1) is 14.3. The van der Waals surface area contributed by atoms with Crippen molar-refractivity contribution in [2.45, 2.75) is 44.8 Å². The molecule has 0 bridgehead atoms. The van der Waals surface area contributed by atoms with Crippen molar-refractivity contribution in [2.24, 2.45) is 11.7 Å². The number of benzene rings is 1. The summed E-state index contributed by atoms with van der Waals surface area (Å²) >= 11 is 0. The number of rotatable bonds is 4. The zero-order valence-electron chi connectivity index (χ0n) is 11.3. The monoisotopic (exact) mass is 267 g/mol. The van der Waals surface area contributed by atoms with Gasteiger partial charge in [-0.1, -0.05) is 6.07 Å². The molecule has 1 atom stereocenters. The maximum atomic E-state index is 13.8. The van der Waals surface area contributed by atoms with E-state index in [0.717, 1.165) is 31.2 Å². The van der Waals surface area contributed by atoms with Gasteiger partial charge in [-0.2, -0.15) is 0 Å². The van der Waals surface area contributed by atoms with Crippen LogP contribution in [0.15, 0.2) is 18.2 Å². The summed E-state index contributed by atoms with van der Waals surface area (Å²) in [5.74, 6) is 0.240. The lowest BCUT2D eigenvalue weighted by molar-refractivity contribution is 0.102. The fraction of sp³-hybridized carbons (Fsp3) is 0.600. The molecule has 0 spiro atoms. The molecule has 0 amide bonds. The third-order valence-electron chi connectivity index (χ3n) is 3.89.